The molecule has 2 aliphatic rings. The summed E-state index contributed by atoms with van der Waals surface area (Å²) < 4.78 is 31.0. The van der Waals surface area contributed by atoms with Crippen LogP contribution in [0.3, 0.4) is 0 Å². The zero-order chi connectivity index (χ0) is 13.7. The number of carbonyl (C=O) groups excluding carboxylic acids is 1. The molecule has 18 heavy (non-hydrogen) atoms. The lowest BCUT2D eigenvalue weighted by atomic mass is 9.82. The fourth-order valence-electron chi connectivity index (χ4n) is 2.74. The maximum Gasteiger partial charge on any atom is 0.328 e. The smallest absolute Gasteiger partial charge is 0.328 e. The minimum atomic E-state index is -4.28. The average Bonchev–Trinajstić information content (AvgIpc) is 2.67. The van der Waals surface area contributed by atoms with Crippen LogP contribution >= 0.6 is 0 Å². The summed E-state index contributed by atoms with van der Waals surface area (Å²) in [6, 6.07) is -1.43. The summed E-state index contributed by atoms with van der Waals surface area (Å²) in [7, 11) is -4.28. The van der Waals surface area contributed by atoms with Crippen LogP contribution in [-0.2, 0) is 19.7 Å². The molecular formula is C9H13NO7S. The van der Waals surface area contributed by atoms with Crippen LogP contribution in [0.2, 0.25) is 0 Å². The third-order valence-electron chi connectivity index (χ3n) is 3.67. The van der Waals surface area contributed by atoms with Gasteiger partial charge in [0.15, 0.2) is 6.04 Å². The van der Waals surface area contributed by atoms with E-state index >= 15 is 0 Å². The number of carbonyl (C=O) groups is 2. The van der Waals surface area contributed by atoms with Gasteiger partial charge < -0.3 is 15.5 Å². The molecule has 1 amide bonds. The lowest BCUT2D eigenvalue weighted by molar-refractivity contribution is -0.152. The van der Waals surface area contributed by atoms with E-state index in [-0.39, 0.29) is 12.8 Å². The average molecular weight is 279 g/mol. The van der Waals surface area contributed by atoms with Crippen molar-refractivity contribution in [3.8, 4) is 0 Å². The van der Waals surface area contributed by atoms with Crippen LogP contribution in [0.4, 0.5) is 0 Å². The predicted molar refractivity (Wildman–Crippen MR) is 57.1 cm³/mol. The van der Waals surface area contributed by atoms with E-state index in [0.717, 1.165) is 0 Å². The standard InChI is InChI=1S/C9H13NO7S/c11-7-4-1-3(18(15,16)17)2-5(4)8(12)10-6(7)9(13)14/h3-7,11H,1-2H2,(H,10,12)(H,13,14)(H,15,16,17)/t3?,4?,5?,6?,7-/m1/s1. The summed E-state index contributed by atoms with van der Waals surface area (Å²) in [5.41, 5.74) is 0. The van der Waals surface area contributed by atoms with Gasteiger partial charge in [-0.2, -0.15) is 8.42 Å². The zero-order valence-corrected chi connectivity index (χ0v) is 10.0. The summed E-state index contributed by atoms with van der Waals surface area (Å²) in [4.78, 5) is 22.5. The van der Waals surface area contributed by atoms with E-state index in [1.807, 2.05) is 0 Å². The number of aliphatic hydroxyl groups excluding tert-OH is 1. The monoisotopic (exact) mass is 279 g/mol. The molecule has 8 nitrogen and oxygen atoms in total. The predicted octanol–water partition coefficient (Wildman–Crippen LogP) is -1.79. The van der Waals surface area contributed by atoms with Gasteiger partial charge in [0.05, 0.1) is 11.4 Å². The second kappa shape index (κ2) is 4.18. The molecule has 0 aromatic carbocycles. The minimum Gasteiger partial charge on any atom is -0.480 e. The maximum absolute atomic E-state index is 11.6. The largest absolute Gasteiger partial charge is 0.480 e. The van der Waals surface area contributed by atoms with Gasteiger partial charge in [0.25, 0.3) is 10.1 Å². The fraction of sp³-hybridized carbons (Fsp3) is 0.778. The Hall–Kier alpha value is -1.19. The van der Waals surface area contributed by atoms with E-state index < -0.39 is 51.2 Å². The number of hydrogen-bond donors (Lipinski definition) is 4. The molecule has 1 heterocycles. The van der Waals surface area contributed by atoms with Crippen molar-refractivity contribution in [1.29, 1.82) is 0 Å². The molecule has 1 saturated heterocycles. The third-order valence-corrected chi connectivity index (χ3v) is 4.90. The molecule has 1 aliphatic heterocycles. The van der Waals surface area contributed by atoms with E-state index in [2.05, 4.69) is 5.32 Å². The summed E-state index contributed by atoms with van der Waals surface area (Å²) in [6.07, 6.45) is -1.56. The first-order valence-electron chi connectivity index (χ1n) is 5.39. The molecule has 1 aliphatic carbocycles. The summed E-state index contributed by atoms with van der Waals surface area (Å²) >= 11 is 0. The number of aliphatic hydroxyl groups is 1. The number of carboxylic acids is 1. The van der Waals surface area contributed by atoms with Crippen molar-refractivity contribution in [2.45, 2.75) is 30.2 Å². The first-order chi connectivity index (χ1) is 8.21. The second-order valence-electron chi connectivity index (χ2n) is 4.69. The molecule has 2 rings (SSSR count). The van der Waals surface area contributed by atoms with Gasteiger partial charge in [-0.05, 0) is 12.8 Å². The molecule has 0 aromatic rings. The van der Waals surface area contributed by atoms with E-state index in [4.69, 9.17) is 9.66 Å². The van der Waals surface area contributed by atoms with E-state index in [9.17, 15) is 23.1 Å². The molecule has 0 aromatic heterocycles. The number of nitrogens with one attached hydrogen (secondary N) is 1. The lowest BCUT2D eigenvalue weighted by Gasteiger charge is -2.34. The number of fused-ring (bicyclic) bond motifs is 1. The molecule has 9 heteroatoms. The number of aliphatic carboxylic acids is 1. The van der Waals surface area contributed by atoms with Crippen LogP contribution in [0.15, 0.2) is 0 Å². The molecule has 5 atom stereocenters. The molecule has 4 N–H and O–H groups in total. The Morgan fingerprint density at radius 2 is 1.94 bits per heavy atom. The number of hydrogen-bond acceptors (Lipinski definition) is 5. The first kappa shape index (κ1) is 13.2. The van der Waals surface area contributed by atoms with Crippen LogP contribution in [0, 0.1) is 11.8 Å². The first-order valence-corrected chi connectivity index (χ1v) is 6.89. The van der Waals surface area contributed by atoms with Gasteiger partial charge >= 0.3 is 5.97 Å². The molecule has 4 unspecified atom stereocenters. The highest BCUT2D eigenvalue weighted by Crippen LogP contribution is 2.40. The number of carboxylic acid groups (broad SMARTS) is 1. The van der Waals surface area contributed by atoms with Gasteiger partial charge in [-0.15, -0.1) is 0 Å². The molecular weight excluding hydrogens is 266 g/mol. The fourth-order valence-corrected chi connectivity index (χ4v) is 3.66. The Balaban J connectivity index is 2.25. The minimum absolute atomic E-state index is 0.0985. The van der Waals surface area contributed by atoms with Crippen LogP contribution in [0.25, 0.3) is 0 Å². The molecule has 0 radical (unpaired) electrons. The van der Waals surface area contributed by atoms with Gasteiger partial charge in [-0.25, -0.2) is 4.79 Å². The van der Waals surface area contributed by atoms with E-state index in [1.54, 1.807) is 0 Å². The van der Waals surface area contributed by atoms with Gasteiger partial charge in [0, 0.05) is 11.8 Å². The third kappa shape index (κ3) is 2.08. The quantitative estimate of drug-likeness (QED) is 0.437. The number of amides is 1. The van der Waals surface area contributed by atoms with Crippen LogP contribution in [-0.4, -0.2) is 52.5 Å². The van der Waals surface area contributed by atoms with Crippen molar-refractivity contribution in [1.82, 2.24) is 5.32 Å². The summed E-state index contributed by atoms with van der Waals surface area (Å²) in [5, 5.41) is 19.7. The highest BCUT2D eigenvalue weighted by atomic mass is 32.2. The highest BCUT2D eigenvalue weighted by molar-refractivity contribution is 7.86. The lowest BCUT2D eigenvalue weighted by Crippen LogP contribution is -2.59. The molecule has 0 spiro atoms. The van der Waals surface area contributed by atoms with Gasteiger partial charge in [0.2, 0.25) is 5.91 Å². The van der Waals surface area contributed by atoms with Gasteiger partial charge in [0.1, 0.15) is 0 Å². The Labute approximate surface area is 103 Å². The van der Waals surface area contributed by atoms with Crippen LogP contribution in [0.1, 0.15) is 12.8 Å². The second-order valence-corrected chi connectivity index (χ2v) is 6.39. The summed E-state index contributed by atoms with van der Waals surface area (Å²) in [6.45, 7) is 0. The Morgan fingerprint density at radius 1 is 1.33 bits per heavy atom. The summed E-state index contributed by atoms with van der Waals surface area (Å²) in [5.74, 6) is -3.50. The zero-order valence-electron chi connectivity index (χ0n) is 9.18. The van der Waals surface area contributed by atoms with Crippen molar-refractivity contribution >= 4 is 22.0 Å². The van der Waals surface area contributed by atoms with E-state index in [1.165, 1.54) is 0 Å². The Morgan fingerprint density at radius 3 is 2.44 bits per heavy atom. The van der Waals surface area contributed by atoms with E-state index in [0.29, 0.717) is 0 Å². The van der Waals surface area contributed by atoms with Crippen molar-refractivity contribution in [2.24, 2.45) is 11.8 Å². The van der Waals surface area contributed by atoms with Crippen LogP contribution in [0.5, 0.6) is 0 Å². The molecule has 2 fully saturated rings. The van der Waals surface area contributed by atoms with Gasteiger partial charge in [-0.3, -0.25) is 9.35 Å². The van der Waals surface area contributed by atoms with Crippen molar-refractivity contribution in [2.75, 3.05) is 0 Å². The Bertz CT molecular complexity index is 487. The topological polar surface area (TPSA) is 141 Å². The number of piperidine rings is 1. The van der Waals surface area contributed by atoms with Crippen molar-refractivity contribution in [3.63, 3.8) is 0 Å². The maximum atomic E-state index is 11.6. The normalized spacial score (nSPS) is 40.1. The Kier molecular flexibility index (Phi) is 3.07. The van der Waals surface area contributed by atoms with Crippen molar-refractivity contribution < 1.29 is 32.8 Å². The number of rotatable bonds is 2. The molecule has 0 bridgehead atoms. The van der Waals surface area contributed by atoms with Crippen LogP contribution < -0.4 is 5.32 Å². The van der Waals surface area contributed by atoms with Gasteiger partial charge in [-0.1, -0.05) is 0 Å². The SMILES string of the molecule is O=C1NC(C(=O)O)[C@H](O)C2CC(S(=O)(=O)O)CC12. The molecule has 102 valence electrons. The molecule has 1 saturated carbocycles. The highest BCUT2D eigenvalue weighted by Gasteiger charge is 2.53. The van der Waals surface area contributed by atoms with Crippen molar-refractivity contribution in [3.05, 3.63) is 0 Å².